The fourth-order valence-corrected chi connectivity index (χ4v) is 3.25. The molecule has 8 heteroatoms. The predicted octanol–water partition coefficient (Wildman–Crippen LogP) is 2.81. The van der Waals surface area contributed by atoms with Crippen LogP contribution in [-0.4, -0.2) is 22.4 Å². The van der Waals surface area contributed by atoms with Gasteiger partial charge in [0.05, 0.1) is 22.5 Å². The maximum atomic E-state index is 11.8. The number of H-pyrrole nitrogens is 1. The molecule has 0 aliphatic heterocycles. The van der Waals surface area contributed by atoms with Gasteiger partial charge in [-0.15, -0.1) is 11.3 Å². The molecule has 7 nitrogen and oxygen atoms in total. The normalized spacial score (nSPS) is 11.0. The summed E-state index contributed by atoms with van der Waals surface area (Å²) in [4.78, 5) is 30.2. The maximum absolute atomic E-state index is 11.8. The van der Waals surface area contributed by atoms with Crippen LogP contribution in [0.2, 0.25) is 0 Å². The molecule has 0 fully saturated rings. The van der Waals surface area contributed by atoms with Gasteiger partial charge in [0.2, 0.25) is 0 Å². The molecule has 0 spiro atoms. The van der Waals surface area contributed by atoms with Gasteiger partial charge in [-0.25, -0.2) is 9.78 Å². The highest BCUT2D eigenvalue weighted by molar-refractivity contribution is 7.09. The van der Waals surface area contributed by atoms with E-state index in [1.165, 1.54) is 17.6 Å². The van der Waals surface area contributed by atoms with Gasteiger partial charge < -0.3 is 14.2 Å². The summed E-state index contributed by atoms with van der Waals surface area (Å²) in [7, 11) is 0. The number of carbonyl (C=O) groups is 1. The van der Waals surface area contributed by atoms with Gasteiger partial charge >= 0.3 is 5.76 Å². The fraction of sp³-hybridized carbons (Fsp3) is 0.118. The van der Waals surface area contributed by atoms with Gasteiger partial charge in [-0.05, 0) is 24.3 Å². The van der Waals surface area contributed by atoms with Crippen molar-refractivity contribution in [2.24, 2.45) is 0 Å². The molecule has 0 aliphatic carbocycles. The molecule has 0 saturated carbocycles. The van der Waals surface area contributed by atoms with E-state index < -0.39 is 5.76 Å². The van der Waals surface area contributed by atoms with Gasteiger partial charge in [0.15, 0.2) is 11.3 Å². The second kappa shape index (κ2) is 6.40. The molecule has 0 aliphatic rings. The molecular weight excluding hydrogens is 342 g/mol. The lowest BCUT2D eigenvalue weighted by Crippen LogP contribution is -2.25. The number of oxazole rings is 1. The first-order chi connectivity index (χ1) is 12.2. The Morgan fingerprint density at radius 3 is 3.08 bits per heavy atom. The zero-order chi connectivity index (χ0) is 17.2. The van der Waals surface area contributed by atoms with Crippen molar-refractivity contribution >= 4 is 28.3 Å². The SMILES string of the molecule is O=C(NCCc1nc(-c2ccc3[nH]c(=O)oc3c2)cs1)c1ccco1. The number of aromatic nitrogens is 2. The Labute approximate surface area is 145 Å². The molecule has 126 valence electrons. The Bertz CT molecular complexity index is 1070. The summed E-state index contributed by atoms with van der Waals surface area (Å²) in [5.41, 5.74) is 2.84. The zero-order valence-electron chi connectivity index (χ0n) is 12.9. The first-order valence-corrected chi connectivity index (χ1v) is 8.46. The number of furan rings is 1. The van der Waals surface area contributed by atoms with Crippen molar-refractivity contribution < 1.29 is 13.6 Å². The van der Waals surface area contributed by atoms with Crippen LogP contribution in [0.4, 0.5) is 0 Å². The second-order valence-electron chi connectivity index (χ2n) is 5.34. The second-order valence-corrected chi connectivity index (χ2v) is 6.28. The lowest BCUT2D eigenvalue weighted by atomic mass is 10.1. The van der Waals surface area contributed by atoms with E-state index in [1.54, 1.807) is 24.3 Å². The molecule has 25 heavy (non-hydrogen) atoms. The van der Waals surface area contributed by atoms with Gasteiger partial charge in [0.1, 0.15) is 0 Å². The van der Waals surface area contributed by atoms with E-state index in [0.717, 1.165) is 16.3 Å². The van der Waals surface area contributed by atoms with E-state index in [9.17, 15) is 9.59 Å². The smallest absolute Gasteiger partial charge is 0.417 e. The Morgan fingerprint density at radius 2 is 2.24 bits per heavy atom. The van der Waals surface area contributed by atoms with Crippen molar-refractivity contribution in [3.05, 3.63) is 63.3 Å². The van der Waals surface area contributed by atoms with Gasteiger partial charge in [-0.3, -0.25) is 9.78 Å². The van der Waals surface area contributed by atoms with Gasteiger partial charge in [-0.2, -0.15) is 0 Å². The summed E-state index contributed by atoms with van der Waals surface area (Å²) in [5, 5.41) is 5.64. The summed E-state index contributed by atoms with van der Waals surface area (Å²) in [6.45, 7) is 0.470. The van der Waals surface area contributed by atoms with Crippen LogP contribution >= 0.6 is 11.3 Å². The van der Waals surface area contributed by atoms with Crippen LogP contribution in [0, 0.1) is 0 Å². The van der Waals surface area contributed by atoms with Crippen LogP contribution in [0.15, 0.2) is 55.6 Å². The van der Waals surface area contributed by atoms with E-state index in [-0.39, 0.29) is 5.91 Å². The Kier molecular flexibility index (Phi) is 3.95. The quantitative estimate of drug-likeness (QED) is 0.573. The zero-order valence-corrected chi connectivity index (χ0v) is 13.8. The van der Waals surface area contributed by atoms with E-state index in [4.69, 9.17) is 8.83 Å². The fourth-order valence-electron chi connectivity index (χ4n) is 2.44. The number of nitrogens with zero attached hydrogens (tertiary/aromatic N) is 1. The standard InChI is InChI=1S/C17H13N3O4S/c21-16(13-2-1-7-23-13)18-6-5-15-19-12(9-25-15)10-3-4-11-14(8-10)24-17(22)20-11/h1-4,7-9H,5-6H2,(H,18,21)(H,20,22). The molecule has 0 saturated heterocycles. The minimum atomic E-state index is -0.474. The number of rotatable bonds is 5. The first-order valence-electron chi connectivity index (χ1n) is 7.58. The monoisotopic (exact) mass is 355 g/mol. The van der Waals surface area contributed by atoms with Gasteiger partial charge in [-0.1, -0.05) is 6.07 Å². The summed E-state index contributed by atoms with van der Waals surface area (Å²) in [6.07, 6.45) is 2.09. The van der Waals surface area contributed by atoms with Gasteiger partial charge in [0.25, 0.3) is 5.91 Å². The highest BCUT2D eigenvalue weighted by atomic mass is 32.1. The van der Waals surface area contributed by atoms with Crippen LogP contribution in [0.3, 0.4) is 0 Å². The third kappa shape index (κ3) is 3.24. The number of hydrogen-bond donors (Lipinski definition) is 2. The van der Waals surface area contributed by atoms with Crippen LogP contribution in [0.5, 0.6) is 0 Å². The highest BCUT2D eigenvalue weighted by Crippen LogP contribution is 2.25. The van der Waals surface area contributed by atoms with Crippen LogP contribution < -0.4 is 11.1 Å². The van der Waals surface area contributed by atoms with Crippen molar-refractivity contribution in [2.45, 2.75) is 6.42 Å². The van der Waals surface area contributed by atoms with Crippen molar-refractivity contribution in [2.75, 3.05) is 6.54 Å². The van der Waals surface area contributed by atoms with E-state index in [1.807, 2.05) is 11.4 Å². The van der Waals surface area contributed by atoms with E-state index >= 15 is 0 Å². The molecule has 4 rings (SSSR count). The molecule has 0 bridgehead atoms. The van der Waals surface area contributed by atoms with Crippen LogP contribution in [-0.2, 0) is 6.42 Å². The molecule has 0 radical (unpaired) electrons. The van der Waals surface area contributed by atoms with Crippen molar-refractivity contribution in [1.82, 2.24) is 15.3 Å². The summed E-state index contributed by atoms with van der Waals surface area (Å²) >= 11 is 1.52. The van der Waals surface area contributed by atoms with E-state index in [0.29, 0.717) is 29.8 Å². The number of benzene rings is 1. The first kappa shape index (κ1) is 15.4. The molecule has 1 aromatic carbocycles. The minimum absolute atomic E-state index is 0.241. The number of hydrogen-bond acceptors (Lipinski definition) is 6. The summed E-state index contributed by atoms with van der Waals surface area (Å²) in [6, 6.07) is 8.74. The number of thiazole rings is 1. The number of fused-ring (bicyclic) bond motifs is 1. The topological polar surface area (TPSA) is 101 Å². The minimum Gasteiger partial charge on any atom is -0.459 e. The number of aromatic amines is 1. The predicted molar refractivity (Wildman–Crippen MR) is 92.7 cm³/mol. The Hall–Kier alpha value is -3.13. The molecule has 0 atom stereocenters. The Morgan fingerprint density at radius 1 is 1.32 bits per heavy atom. The molecule has 3 aromatic heterocycles. The number of nitrogens with one attached hydrogen (secondary N) is 2. The highest BCUT2D eigenvalue weighted by Gasteiger charge is 2.10. The van der Waals surface area contributed by atoms with Crippen LogP contribution in [0.25, 0.3) is 22.4 Å². The average molecular weight is 355 g/mol. The lowest BCUT2D eigenvalue weighted by molar-refractivity contribution is 0.0926. The largest absolute Gasteiger partial charge is 0.459 e. The molecule has 2 N–H and O–H groups in total. The molecule has 1 amide bonds. The molecule has 0 unspecified atom stereocenters. The van der Waals surface area contributed by atoms with Crippen molar-refractivity contribution in [3.63, 3.8) is 0 Å². The lowest BCUT2D eigenvalue weighted by Gasteiger charge is -2.01. The molecular formula is C17H13N3O4S. The van der Waals surface area contributed by atoms with Crippen LogP contribution in [0.1, 0.15) is 15.6 Å². The number of amides is 1. The van der Waals surface area contributed by atoms with Crippen molar-refractivity contribution in [3.8, 4) is 11.3 Å². The molecule has 3 heterocycles. The van der Waals surface area contributed by atoms with Gasteiger partial charge in [0, 0.05) is 23.9 Å². The van der Waals surface area contributed by atoms with Crippen molar-refractivity contribution in [1.29, 1.82) is 0 Å². The molecule has 4 aromatic rings. The summed E-state index contributed by atoms with van der Waals surface area (Å²) in [5.74, 6) is -0.422. The summed E-state index contributed by atoms with van der Waals surface area (Å²) < 4.78 is 10.1. The van der Waals surface area contributed by atoms with E-state index in [2.05, 4.69) is 15.3 Å². The Balaban J connectivity index is 1.42. The third-order valence-corrected chi connectivity index (χ3v) is 4.55. The third-order valence-electron chi connectivity index (χ3n) is 3.64. The average Bonchev–Trinajstić information content (AvgIpc) is 3.34. The number of carbonyl (C=O) groups excluding carboxylic acids is 1. The maximum Gasteiger partial charge on any atom is 0.417 e.